The fourth-order valence-electron chi connectivity index (χ4n) is 3.97. The Morgan fingerprint density at radius 3 is 2.42 bits per heavy atom. The summed E-state index contributed by atoms with van der Waals surface area (Å²) in [5.74, 6) is 1.28. The number of hydrogen-bond acceptors (Lipinski definition) is 6. The summed E-state index contributed by atoms with van der Waals surface area (Å²) >= 11 is 0. The molecule has 1 fully saturated rings. The maximum atomic E-state index is 12.9. The molecule has 1 amide bonds. The summed E-state index contributed by atoms with van der Waals surface area (Å²) in [5, 5.41) is 4.11. The van der Waals surface area contributed by atoms with Gasteiger partial charge in [-0.2, -0.15) is 4.98 Å². The van der Waals surface area contributed by atoms with E-state index in [9.17, 15) is 4.79 Å². The number of amides is 1. The molecule has 1 aliphatic heterocycles. The first kappa shape index (κ1) is 21.1. The fourth-order valence-corrected chi connectivity index (χ4v) is 3.97. The Morgan fingerprint density at radius 2 is 1.73 bits per heavy atom. The highest BCUT2D eigenvalue weighted by Gasteiger charge is 2.23. The largest absolute Gasteiger partial charge is 0.338 e. The van der Waals surface area contributed by atoms with Crippen molar-refractivity contribution in [3.63, 3.8) is 0 Å². The second kappa shape index (κ2) is 9.38. The zero-order valence-electron chi connectivity index (χ0n) is 18.6. The van der Waals surface area contributed by atoms with Crippen LogP contribution in [0.3, 0.4) is 0 Å². The minimum atomic E-state index is 0.0725. The van der Waals surface area contributed by atoms with Crippen molar-refractivity contribution in [3.8, 4) is 11.4 Å². The fraction of sp³-hybridized carbons (Fsp3) is 0.280. The molecule has 0 aliphatic carbocycles. The Kier molecular flexibility index (Phi) is 5.99. The molecule has 8 nitrogen and oxygen atoms in total. The van der Waals surface area contributed by atoms with Crippen LogP contribution in [0, 0.1) is 6.92 Å². The zero-order chi connectivity index (χ0) is 22.6. The molecular formula is C25H26N6O2. The Bertz CT molecular complexity index is 1190. The summed E-state index contributed by atoms with van der Waals surface area (Å²) in [4.78, 5) is 25.7. The molecule has 1 saturated heterocycles. The van der Waals surface area contributed by atoms with E-state index in [1.165, 1.54) is 5.56 Å². The van der Waals surface area contributed by atoms with E-state index in [1.807, 2.05) is 71.1 Å². The molecule has 168 valence electrons. The number of nitrogens with zero attached hydrogens (tertiary/aromatic N) is 6. The van der Waals surface area contributed by atoms with E-state index in [-0.39, 0.29) is 5.91 Å². The second-order valence-electron chi connectivity index (χ2n) is 8.38. The van der Waals surface area contributed by atoms with E-state index in [4.69, 9.17) is 4.52 Å². The first-order valence-corrected chi connectivity index (χ1v) is 11.1. The van der Waals surface area contributed by atoms with Crippen molar-refractivity contribution in [1.82, 2.24) is 29.5 Å². The van der Waals surface area contributed by atoms with E-state index >= 15 is 0 Å². The van der Waals surface area contributed by atoms with Crippen LogP contribution in [0.5, 0.6) is 0 Å². The van der Waals surface area contributed by atoms with E-state index in [0.717, 1.165) is 36.3 Å². The van der Waals surface area contributed by atoms with E-state index in [2.05, 4.69) is 20.0 Å². The molecule has 0 radical (unpaired) electrons. The number of piperazine rings is 1. The molecule has 0 atom stereocenters. The van der Waals surface area contributed by atoms with Crippen LogP contribution in [0.2, 0.25) is 0 Å². The predicted molar refractivity (Wildman–Crippen MR) is 123 cm³/mol. The average molecular weight is 443 g/mol. The highest BCUT2D eigenvalue weighted by atomic mass is 16.5. The molecule has 0 unspecified atom stereocenters. The van der Waals surface area contributed by atoms with Crippen molar-refractivity contribution in [3.05, 3.63) is 89.8 Å². The van der Waals surface area contributed by atoms with Gasteiger partial charge in [-0.15, -0.1) is 0 Å². The van der Waals surface area contributed by atoms with Crippen molar-refractivity contribution in [2.24, 2.45) is 0 Å². The quantitative estimate of drug-likeness (QED) is 0.456. The van der Waals surface area contributed by atoms with Gasteiger partial charge in [0.2, 0.25) is 11.7 Å². The van der Waals surface area contributed by atoms with E-state index in [1.54, 1.807) is 12.5 Å². The molecule has 8 heteroatoms. The van der Waals surface area contributed by atoms with E-state index < -0.39 is 0 Å². The lowest BCUT2D eigenvalue weighted by molar-refractivity contribution is 0.0615. The summed E-state index contributed by atoms with van der Waals surface area (Å²) in [6, 6.07) is 15.9. The SMILES string of the molecule is Cc1ccc(-c2noc(CN3CCN(C(=O)c4ccc(Cn5ccnc5)cc4)CC3)n2)cc1. The minimum absolute atomic E-state index is 0.0725. The van der Waals surface area contributed by atoms with Crippen LogP contribution >= 0.6 is 0 Å². The number of carbonyl (C=O) groups excluding carboxylic acids is 1. The molecule has 33 heavy (non-hydrogen) atoms. The van der Waals surface area contributed by atoms with Gasteiger partial charge in [0.1, 0.15) is 0 Å². The van der Waals surface area contributed by atoms with Gasteiger partial charge in [0.25, 0.3) is 5.91 Å². The zero-order valence-corrected chi connectivity index (χ0v) is 18.6. The molecule has 2 aromatic heterocycles. The van der Waals surface area contributed by atoms with Gasteiger partial charge in [0.15, 0.2) is 0 Å². The first-order chi connectivity index (χ1) is 16.1. The predicted octanol–water partition coefficient (Wildman–Crippen LogP) is 3.25. The van der Waals surface area contributed by atoms with Crippen LogP contribution in [0.25, 0.3) is 11.4 Å². The summed E-state index contributed by atoms with van der Waals surface area (Å²) in [6.45, 7) is 6.27. The van der Waals surface area contributed by atoms with Gasteiger partial charge in [0, 0.05) is 56.2 Å². The smallest absolute Gasteiger partial charge is 0.253 e. The normalized spacial score (nSPS) is 14.5. The maximum absolute atomic E-state index is 12.9. The third-order valence-corrected chi connectivity index (χ3v) is 5.92. The third-order valence-electron chi connectivity index (χ3n) is 5.92. The molecule has 4 aromatic rings. The summed E-state index contributed by atoms with van der Waals surface area (Å²) < 4.78 is 7.46. The van der Waals surface area contributed by atoms with Gasteiger partial charge in [-0.1, -0.05) is 47.1 Å². The first-order valence-electron chi connectivity index (χ1n) is 11.1. The van der Waals surface area contributed by atoms with Crippen LogP contribution in [-0.2, 0) is 13.1 Å². The Labute approximate surface area is 192 Å². The molecule has 3 heterocycles. The Hall–Kier alpha value is -3.78. The van der Waals surface area contributed by atoms with Crippen molar-refractivity contribution < 1.29 is 9.32 Å². The van der Waals surface area contributed by atoms with Crippen LogP contribution in [0.4, 0.5) is 0 Å². The topological polar surface area (TPSA) is 80.3 Å². The van der Waals surface area contributed by atoms with Crippen LogP contribution in [-0.4, -0.2) is 61.6 Å². The monoisotopic (exact) mass is 442 g/mol. The third kappa shape index (κ3) is 5.01. The van der Waals surface area contributed by atoms with Gasteiger partial charge in [-0.3, -0.25) is 9.69 Å². The van der Waals surface area contributed by atoms with Crippen LogP contribution < -0.4 is 0 Å². The standard InChI is InChI=1S/C25H26N6O2/c1-19-2-6-21(7-3-19)24-27-23(33-28-24)17-29-12-14-31(15-13-29)25(32)22-8-4-20(5-9-22)16-30-11-10-26-18-30/h2-11,18H,12-17H2,1H3. The number of rotatable bonds is 6. The van der Waals surface area contributed by atoms with Gasteiger partial charge in [-0.05, 0) is 24.6 Å². The van der Waals surface area contributed by atoms with Crippen molar-refractivity contribution in [2.45, 2.75) is 20.0 Å². The van der Waals surface area contributed by atoms with Crippen LogP contribution in [0.1, 0.15) is 27.4 Å². The van der Waals surface area contributed by atoms with E-state index in [0.29, 0.717) is 31.3 Å². The number of aromatic nitrogens is 4. The highest BCUT2D eigenvalue weighted by molar-refractivity contribution is 5.94. The lowest BCUT2D eigenvalue weighted by atomic mass is 10.1. The van der Waals surface area contributed by atoms with Crippen molar-refractivity contribution in [2.75, 3.05) is 26.2 Å². The number of imidazole rings is 1. The summed E-state index contributed by atoms with van der Waals surface area (Å²) in [7, 11) is 0. The Balaban J connectivity index is 1.13. The summed E-state index contributed by atoms with van der Waals surface area (Å²) in [6.07, 6.45) is 5.48. The number of hydrogen-bond donors (Lipinski definition) is 0. The molecule has 0 N–H and O–H groups in total. The van der Waals surface area contributed by atoms with Gasteiger partial charge < -0.3 is 14.0 Å². The molecule has 0 spiro atoms. The van der Waals surface area contributed by atoms with Crippen molar-refractivity contribution >= 4 is 5.91 Å². The lowest BCUT2D eigenvalue weighted by Gasteiger charge is -2.34. The molecular weight excluding hydrogens is 416 g/mol. The van der Waals surface area contributed by atoms with Gasteiger partial charge >= 0.3 is 0 Å². The molecule has 0 saturated carbocycles. The van der Waals surface area contributed by atoms with Crippen LogP contribution in [0.15, 0.2) is 71.8 Å². The number of benzene rings is 2. The molecule has 1 aliphatic rings. The minimum Gasteiger partial charge on any atom is -0.338 e. The molecule has 0 bridgehead atoms. The van der Waals surface area contributed by atoms with Crippen molar-refractivity contribution in [1.29, 1.82) is 0 Å². The second-order valence-corrected chi connectivity index (χ2v) is 8.38. The summed E-state index contributed by atoms with van der Waals surface area (Å²) in [5.41, 5.74) is 4.00. The van der Waals surface area contributed by atoms with Gasteiger partial charge in [0.05, 0.1) is 12.9 Å². The highest BCUT2D eigenvalue weighted by Crippen LogP contribution is 2.18. The lowest BCUT2D eigenvalue weighted by Crippen LogP contribution is -2.48. The molecule has 5 rings (SSSR count). The van der Waals surface area contributed by atoms with Gasteiger partial charge in [-0.25, -0.2) is 4.98 Å². The maximum Gasteiger partial charge on any atom is 0.253 e. The average Bonchev–Trinajstić information content (AvgIpc) is 3.53. The number of aryl methyl sites for hydroxylation is 1. The Morgan fingerprint density at radius 1 is 0.970 bits per heavy atom. The number of carbonyl (C=O) groups is 1. The molecule has 2 aromatic carbocycles.